The first kappa shape index (κ1) is 7.60. The number of H-pyrrole nitrogens is 1. The van der Waals surface area contributed by atoms with Gasteiger partial charge in [-0.3, -0.25) is 4.79 Å². The first-order chi connectivity index (χ1) is 6.25. The van der Waals surface area contributed by atoms with E-state index in [1.54, 1.807) is 6.07 Å². The molecule has 0 aliphatic heterocycles. The second kappa shape index (κ2) is 2.78. The fourth-order valence-electron chi connectivity index (χ4n) is 1.01. The first-order valence-electron chi connectivity index (χ1n) is 3.65. The summed E-state index contributed by atoms with van der Waals surface area (Å²) in [6.07, 6.45) is 2.98. The van der Waals surface area contributed by atoms with Crippen LogP contribution in [0.3, 0.4) is 0 Å². The third-order valence-corrected chi connectivity index (χ3v) is 1.56. The normalized spacial score (nSPS) is 10.2. The molecule has 0 saturated carbocycles. The molecule has 5 nitrogen and oxygen atoms in total. The maximum absolute atomic E-state index is 11.0. The van der Waals surface area contributed by atoms with Gasteiger partial charge in [-0.1, -0.05) is 0 Å². The van der Waals surface area contributed by atoms with Gasteiger partial charge in [0, 0.05) is 6.07 Å². The molecule has 0 aliphatic rings. The Morgan fingerprint density at radius 1 is 1.54 bits per heavy atom. The van der Waals surface area contributed by atoms with Gasteiger partial charge in [-0.05, 0) is 6.07 Å². The van der Waals surface area contributed by atoms with E-state index in [2.05, 4.69) is 9.97 Å². The number of nitrogens with one attached hydrogen (secondary N) is 1. The van der Waals surface area contributed by atoms with Crippen LogP contribution in [-0.4, -0.2) is 9.97 Å². The lowest BCUT2D eigenvalue weighted by Crippen LogP contribution is -2.09. The molecule has 13 heavy (non-hydrogen) atoms. The van der Waals surface area contributed by atoms with Crippen molar-refractivity contribution in [3.8, 4) is 11.4 Å². The maximum Gasteiger partial charge on any atom is 0.253 e. The van der Waals surface area contributed by atoms with Gasteiger partial charge in [-0.15, -0.1) is 0 Å². The number of rotatable bonds is 1. The molecule has 0 aliphatic carbocycles. The molecular weight excluding hydrogens is 170 g/mol. The lowest BCUT2D eigenvalue weighted by atomic mass is 10.3. The van der Waals surface area contributed by atoms with Crippen molar-refractivity contribution in [2.45, 2.75) is 0 Å². The molecule has 0 amide bonds. The summed E-state index contributed by atoms with van der Waals surface area (Å²) in [6, 6.07) is 2.92. The molecular formula is C8H7N3O2. The zero-order valence-electron chi connectivity index (χ0n) is 6.65. The minimum Gasteiger partial charge on any atom is -0.472 e. The van der Waals surface area contributed by atoms with Crippen LogP contribution in [0, 0.1) is 0 Å². The van der Waals surface area contributed by atoms with E-state index in [9.17, 15) is 4.79 Å². The van der Waals surface area contributed by atoms with Gasteiger partial charge in [-0.25, -0.2) is 4.98 Å². The highest BCUT2D eigenvalue weighted by Crippen LogP contribution is 2.13. The van der Waals surface area contributed by atoms with Crippen molar-refractivity contribution in [3.05, 3.63) is 35.0 Å². The molecule has 0 unspecified atom stereocenters. The van der Waals surface area contributed by atoms with Gasteiger partial charge in [0.2, 0.25) is 0 Å². The van der Waals surface area contributed by atoms with Crippen LogP contribution >= 0.6 is 0 Å². The fraction of sp³-hybridized carbons (Fsp3) is 0. The first-order valence-corrected chi connectivity index (χ1v) is 3.65. The molecule has 0 radical (unpaired) electrons. The van der Waals surface area contributed by atoms with Crippen molar-refractivity contribution in [2.75, 3.05) is 5.73 Å². The van der Waals surface area contributed by atoms with Gasteiger partial charge < -0.3 is 15.1 Å². The van der Waals surface area contributed by atoms with E-state index in [1.165, 1.54) is 18.6 Å². The van der Waals surface area contributed by atoms with E-state index >= 15 is 0 Å². The van der Waals surface area contributed by atoms with Crippen molar-refractivity contribution in [1.82, 2.24) is 9.97 Å². The summed E-state index contributed by atoms with van der Waals surface area (Å²) < 4.78 is 4.85. The number of anilines is 1. The largest absolute Gasteiger partial charge is 0.472 e. The highest BCUT2D eigenvalue weighted by Gasteiger charge is 2.02. The summed E-state index contributed by atoms with van der Waals surface area (Å²) in [7, 11) is 0. The van der Waals surface area contributed by atoms with Gasteiger partial charge in [-0.2, -0.15) is 0 Å². The van der Waals surface area contributed by atoms with Gasteiger partial charge in [0.05, 0.1) is 11.8 Å². The van der Waals surface area contributed by atoms with Crippen LogP contribution in [0.25, 0.3) is 11.4 Å². The summed E-state index contributed by atoms with van der Waals surface area (Å²) in [5.74, 6) is 0.610. The van der Waals surface area contributed by atoms with Crippen LogP contribution in [0.5, 0.6) is 0 Å². The third kappa shape index (κ3) is 1.44. The van der Waals surface area contributed by atoms with Crippen LogP contribution < -0.4 is 11.3 Å². The number of aromatic amines is 1. The number of nitrogens with zero attached hydrogens (tertiary/aromatic N) is 1. The second-order valence-electron chi connectivity index (χ2n) is 2.53. The minimum absolute atomic E-state index is 0.194. The Bertz CT molecular complexity index is 458. The zero-order chi connectivity index (χ0) is 9.26. The average molecular weight is 177 g/mol. The molecule has 66 valence electrons. The molecule has 2 rings (SSSR count). The van der Waals surface area contributed by atoms with Crippen molar-refractivity contribution in [2.24, 2.45) is 0 Å². The SMILES string of the molecule is Nc1cc(=O)[nH]c(-c2ccoc2)n1. The molecule has 0 bridgehead atoms. The topological polar surface area (TPSA) is 84.9 Å². The Hall–Kier alpha value is -2.04. The molecule has 2 aromatic rings. The maximum atomic E-state index is 11.0. The number of aromatic nitrogens is 2. The Kier molecular flexibility index (Phi) is 1.63. The van der Waals surface area contributed by atoms with Crippen LogP contribution in [0.1, 0.15) is 0 Å². The van der Waals surface area contributed by atoms with Crippen molar-refractivity contribution in [3.63, 3.8) is 0 Å². The van der Waals surface area contributed by atoms with E-state index in [1.807, 2.05) is 0 Å². The summed E-state index contributed by atoms with van der Waals surface area (Å²) in [5, 5.41) is 0. The van der Waals surface area contributed by atoms with Gasteiger partial charge in [0.1, 0.15) is 17.9 Å². The molecule has 0 saturated heterocycles. The summed E-state index contributed by atoms with van der Waals surface area (Å²) in [6.45, 7) is 0. The number of nitrogens with two attached hydrogens (primary N) is 1. The summed E-state index contributed by atoms with van der Waals surface area (Å²) >= 11 is 0. The van der Waals surface area contributed by atoms with E-state index in [-0.39, 0.29) is 11.4 Å². The number of nitrogen functional groups attached to an aromatic ring is 1. The number of hydrogen-bond donors (Lipinski definition) is 2. The third-order valence-electron chi connectivity index (χ3n) is 1.56. The molecule has 3 N–H and O–H groups in total. The molecule has 0 aromatic carbocycles. The predicted molar refractivity (Wildman–Crippen MR) is 47.0 cm³/mol. The van der Waals surface area contributed by atoms with Crippen LogP contribution in [0.15, 0.2) is 33.9 Å². The van der Waals surface area contributed by atoms with Crippen LogP contribution in [0.4, 0.5) is 5.82 Å². The lowest BCUT2D eigenvalue weighted by Gasteiger charge is -1.96. The van der Waals surface area contributed by atoms with Crippen LogP contribution in [-0.2, 0) is 0 Å². The van der Waals surface area contributed by atoms with Gasteiger partial charge in [0.25, 0.3) is 5.56 Å². The Balaban J connectivity index is 2.59. The summed E-state index contributed by atoms with van der Waals surface area (Å²) in [5.41, 5.74) is 5.83. The zero-order valence-corrected chi connectivity index (χ0v) is 6.65. The second-order valence-corrected chi connectivity index (χ2v) is 2.53. The van der Waals surface area contributed by atoms with E-state index in [0.717, 1.165) is 0 Å². The minimum atomic E-state index is -0.274. The van der Waals surface area contributed by atoms with E-state index in [0.29, 0.717) is 11.4 Å². The molecule has 5 heteroatoms. The molecule has 0 fully saturated rings. The highest BCUT2D eigenvalue weighted by molar-refractivity contribution is 5.53. The predicted octanol–water partition coefficient (Wildman–Crippen LogP) is 0.612. The van der Waals surface area contributed by atoms with Crippen molar-refractivity contribution < 1.29 is 4.42 Å². The number of furan rings is 1. The van der Waals surface area contributed by atoms with E-state index < -0.39 is 0 Å². The fourth-order valence-corrected chi connectivity index (χ4v) is 1.01. The average Bonchev–Trinajstić information content (AvgIpc) is 2.53. The number of hydrogen-bond acceptors (Lipinski definition) is 4. The smallest absolute Gasteiger partial charge is 0.253 e. The summed E-state index contributed by atoms with van der Waals surface area (Å²) in [4.78, 5) is 17.5. The quantitative estimate of drug-likeness (QED) is 0.668. The molecule has 0 atom stereocenters. The Morgan fingerprint density at radius 3 is 3.00 bits per heavy atom. The molecule has 0 spiro atoms. The Labute approximate surface area is 73.2 Å². The van der Waals surface area contributed by atoms with Crippen molar-refractivity contribution >= 4 is 5.82 Å². The van der Waals surface area contributed by atoms with Crippen LogP contribution in [0.2, 0.25) is 0 Å². The monoisotopic (exact) mass is 177 g/mol. The molecule has 2 aromatic heterocycles. The van der Waals surface area contributed by atoms with Gasteiger partial charge in [0.15, 0.2) is 0 Å². The van der Waals surface area contributed by atoms with E-state index in [4.69, 9.17) is 10.2 Å². The van der Waals surface area contributed by atoms with Gasteiger partial charge >= 0.3 is 0 Å². The Morgan fingerprint density at radius 2 is 2.38 bits per heavy atom. The standard InChI is InChI=1S/C8H7N3O2/c9-6-3-7(12)11-8(10-6)5-1-2-13-4-5/h1-4H,(H3,9,10,11,12). The van der Waals surface area contributed by atoms with Crippen molar-refractivity contribution in [1.29, 1.82) is 0 Å². The lowest BCUT2D eigenvalue weighted by molar-refractivity contribution is 0.568. The highest BCUT2D eigenvalue weighted by atomic mass is 16.3. The molecule has 2 heterocycles.